The number of nitrogens with zero attached hydrogens (tertiary/aromatic N) is 3. The van der Waals surface area contributed by atoms with Gasteiger partial charge in [0.15, 0.2) is 0 Å². The van der Waals surface area contributed by atoms with Gasteiger partial charge < -0.3 is 15.5 Å². The van der Waals surface area contributed by atoms with Gasteiger partial charge in [0.2, 0.25) is 0 Å². The van der Waals surface area contributed by atoms with Gasteiger partial charge in [-0.25, -0.2) is 9.97 Å². The Morgan fingerprint density at radius 1 is 0.854 bits per heavy atom. The van der Waals surface area contributed by atoms with Gasteiger partial charge in [-0.05, 0) is 48.0 Å². The van der Waals surface area contributed by atoms with Crippen molar-refractivity contribution in [3.8, 4) is 11.3 Å². The largest absolute Gasteiger partial charge is 0.472 e. The number of rotatable bonds is 6. The molecular weight excluding hydrogens is 531 g/mol. The summed E-state index contributed by atoms with van der Waals surface area (Å²) >= 11 is 0. The van der Waals surface area contributed by atoms with E-state index in [1.165, 1.54) is 30.6 Å². The first kappa shape index (κ1) is 26.0. The molecule has 3 N–H and O–H groups in total. The quantitative estimate of drug-likeness (QED) is 0.222. The minimum absolute atomic E-state index is 0.0211. The average Bonchev–Trinajstić information content (AvgIpc) is 3.36. The number of hydrogen-bond donors (Lipinski definition) is 2. The summed E-state index contributed by atoms with van der Waals surface area (Å²) in [6.45, 7) is 0.112. The van der Waals surface area contributed by atoms with Gasteiger partial charge in [0.25, 0.3) is 0 Å². The highest BCUT2D eigenvalue weighted by Gasteiger charge is 2.43. The number of aromatic nitrogens is 2. The Morgan fingerprint density at radius 3 is 2.39 bits per heavy atom. The van der Waals surface area contributed by atoms with E-state index in [1.807, 2.05) is 42.5 Å². The van der Waals surface area contributed by atoms with Crippen LogP contribution < -0.4 is 16.0 Å². The molecule has 6 aromatic rings. The Balaban J connectivity index is 1.35. The number of nitrogens with two attached hydrogens (primary N) is 1. The number of alkyl halides is 3. The van der Waals surface area contributed by atoms with Crippen molar-refractivity contribution in [2.75, 3.05) is 10.2 Å². The Kier molecular flexibility index (Phi) is 6.60. The molecule has 0 spiro atoms. The van der Waals surface area contributed by atoms with E-state index in [4.69, 9.17) is 10.2 Å². The van der Waals surface area contributed by atoms with E-state index in [0.29, 0.717) is 33.2 Å². The molecule has 4 aromatic carbocycles. The second-order valence-corrected chi connectivity index (χ2v) is 9.26. The molecular formula is C31H22F3N5O2. The van der Waals surface area contributed by atoms with Crippen molar-refractivity contribution in [1.82, 2.24) is 9.97 Å². The van der Waals surface area contributed by atoms with E-state index in [2.05, 4.69) is 15.3 Å². The monoisotopic (exact) mass is 553 g/mol. The molecule has 204 valence electrons. The van der Waals surface area contributed by atoms with Crippen molar-refractivity contribution in [1.29, 1.82) is 0 Å². The molecule has 2 aromatic heterocycles. The number of carbonyl (C=O) groups is 1. The lowest BCUT2D eigenvalue weighted by Gasteiger charge is -2.25. The fourth-order valence-corrected chi connectivity index (χ4v) is 4.73. The van der Waals surface area contributed by atoms with Crippen LogP contribution in [0.2, 0.25) is 0 Å². The highest BCUT2D eigenvalue weighted by Crippen LogP contribution is 2.36. The summed E-state index contributed by atoms with van der Waals surface area (Å²) in [4.78, 5) is 21.9. The van der Waals surface area contributed by atoms with Gasteiger partial charge in [0, 0.05) is 40.3 Å². The Labute approximate surface area is 232 Å². The van der Waals surface area contributed by atoms with Gasteiger partial charge in [0.05, 0.1) is 11.4 Å². The maximum absolute atomic E-state index is 13.6. The van der Waals surface area contributed by atoms with Crippen LogP contribution in [-0.2, 0) is 11.3 Å². The van der Waals surface area contributed by atoms with Gasteiger partial charge in [-0.3, -0.25) is 9.69 Å². The number of furan rings is 1. The molecule has 0 radical (unpaired) electrons. The van der Waals surface area contributed by atoms with Gasteiger partial charge in [-0.15, -0.1) is 0 Å². The normalized spacial score (nSPS) is 11.6. The van der Waals surface area contributed by atoms with Crippen molar-refractivity contribution < 1.29 is 22.4 Å². The first-order chi connectivity index (χ1) is 19.8. The Hall–Kier alpha value is -5.22. The van der Waals surface area contributed by atoms with Crippen molar-refractivity contribution in [2.45, 2.75) is 12.7 Å². The molecule has 0 fully saturated rings. The lowest BCUT2D eigenvalue weighted by Crippen LogP contribution is -2.38. The number of para-hydroxylation sites is 2. The van der Waals surface area contributed by atoms with E-state index < -0.39 is 12.1 Å². The minimum Gasteiger partial charge on any atom is -0.455 e. The van der Waals surface area contributed by atoms with Crippen LogP contribution in [0.1, 0.15) is 5.56 Å². The van der Waals surface area contributed by atoms with Crippen LogP contribution in [-0.4, -0.2) is 22.1 Å². The molecule has 0 unspecified atom stereocenters. The van der Waals surface area contributed by atoms with Crippen LogP contribution in [0.25, 0.3) is 33.2 Å². The molecule has 0 saturated heterocycles. The van der Waals surface area contributed by atoms with E-state index in [0.717, 1.165) is 21.9 Å². The van der Waals surface area contributed by atoms with Crippen LogP contribution in [0.3, 0.4) is 0 Å². The third kappa shape index (κ3) is 5.08. The molecule has 6 rings (SSSR count). The summed E-state index contributed by atoms with van der Waals surface area (Å²) in [6.07, 6.45) is -3.71. The Morgan fingerprint density at radius 2 is 1.59 bits per heavy atom. The van der Waals surface area contributed by atoms with Crippen molar-refractivity contribution in [2.24, 2.45) is 5.73 Å². The predicted octanol–water partition coefficient (Wildman–Crippen LogP) is 7.47. The zero-order valence-electron chi connectivity index (χ0n) is 21.4. The number of anilines is 4. The summed E-state index contributed by atoms with van der Waals surface area (Å²) in [5, 5.41) is 5.06. The maximum atomic E-state index is 13.6. The number of amides is 1. The third-order valence-electron chi connectivity index (χ3n) is 6.57. The number of fused-ring (bicyclic) bond motifs is 3. The van der Waals surface area contributed by atoms with Crippen molar-refractivity contribution in [3.05, 3.63) is 109 Å². The summed E-state index contributed by atoms with van der Waals surface area (Å²) < 4.78 is 47.0. The minimum atomic E-state index is -5.10. The standard InChI is InChI=1S/C31H22F3N5O2/c32-31(33,34)30(40)39(21-8-3-6-19(14-21)17-35)22-9-4-7-20(15-22)38-28-16-26(36-18-37-28)25-12-5-11-24-23-10-1-2-13-27(23)41-29(24)25/h1-16,18H,17,35H2,(H,36,37,38). The molecule has 0 aliphatic carbocycles. The number of hydrogen-bond acceptors (Lipinski definition) is 6. The number of halogens is 3. The van der Waals surface area contributed by atoms with Gasteiger partial charge in [0.1, 0.15) is 23.3 Å². The van der Waals surface area contributed by atoms with Crippen LogP contribution in [0, 0.1) is 0 Å². The summed E-state index contributed by atoms with van der Waals surface area (Å²) in [7, 11) is 0. The number of benzene rings is 4. The molecule has 41 heavy (non-hydrogen) atoms. The van der Waals surface area contributed by atoms with Crippen LogP contribution in [0.15, 0.2) is 108 Å². The lowest BCUT2D eigenvalue weighted by atomic mass is 10.1. The summed E-state index contributed by atoms with van der Waals surface area (Å²) in [6, 6.07) is 27.5. The van der Waals surface area contributed by atoms with Crippen LogP contribution >= 0.6 is 0 Å². The fourth-order valence-electron chi connectivity index (χ4n) is 4.73. The maximum Gasteiger partial charge on any atom is 0.472 e. The number of nitrogens with one attached hydrogen (secondary N) is 1. The van der Waals surface area contributed by atoms with Crippen LogP contribution in [0.5, 0.6) is 0 Å². The molecule has 7 nitrogen and oxygen atoms in total. The van der Waals surface area contributed by atoms with E-state index >= 15 is 0 Å². The molecule has 10 heteroatoms. The predicted molar refractivity (Wildman–Crippen MR) is 152 cm³/mol. The highest BCUT2D eigenvalue weighted by molar-refractivity contribution is 6.09. The van der Waals surface area contributed by atoms with Gasteiger partial charge >= 0.3 is 12.1 Å². The molecule has 0 aliphatic heterocycles. The first-order valence-electron chi connectivity index (χ1n) is 12.6. The fraction of sp³-hybridized carbons (Fsp3) is 0.0645. The molecule has 0 aliphatic rings. The average molecular weight is 554 g/mol. The smallest absolute Gasteiger partial charge is 0.455 e. The SMILES string of the molecule is NCc1cccc(N(C(=O)C(F)(F)F)c2cccc(Nc3cc(-c4cccc5c4oc4ccccc45)ncn3)c2)c1. The number of carbonyl (C=O) groups excluding carboxylic acids is 1. The molecule has 0 atom stereocenters. The highest BCUT2D eigenvalue weighted by atomic mass is 19.4. The van der Waals surface area contributed by atoms with Crippen molar-refractivity contribution >= 4 is 50.7 Å². The van der Waals surface area contributed by atoms with Crippen LogP contribution in [0.4, 0.5) is 36.1 Å². The zero-order valence-corrected chi connectivity index (χ0v) is 21.4. The topological polar surface area (TPSA) is 97.3 Å². The van der Waals surface area contributed by atoms with Gasteiger partial charge in [-0.2, -0.15) is 13.2 Å². The first-order valence-corrected chi connectivity index (χ1v) is 12.6. The lowest BCUT2D eigenvalue weighted by molar-refractivity contribution is -0.169. The zero-order chi connectivity index (χ0) is 28.6. The molecule has 0 saturated carbocycles. The third-order valence-corrected chi connectivity index (χ3v) is 6.57. The second kappa shape index (κ2) is 10.4. The van der Waals surface area contributed by atoms with E-state index in [9.17, 15) is 18.0 Å². The molecule has 1 amide bonds. The van der Waals surface area contributed by atoms with Crippen molar-refractivity contribution in [3.63, 3.8) is 0 Å². The summed E-state index contributed by atoms with van der Waals surface area (Å²) in [5.74, 6) is -1.62. The second-order valence-electron chi connectivity index (χ2n) is 9.26. The van der Waals surface area contributed by atoms with E-state index in [-0.39, 0.29) is 17.9 Å². The van der Waals surface area contributed by atoms with Gasteiger partial charge in [-0.1, -0.05) is 48.5 Å². The van der Waals surface area contributed by atoms with E-state index in [1.54, 1.807) is 30.3 Å². The Bertz CT molecular complexity index is 1900. The molecule has 2 heterocycles. The molecule has 0 bridgehead atoms. The summed E-state index contributed by atoms with van der Waals surface area (Å²) in [5.41, 5.74) is 9.56.